The van der Waals surface area contributed by atoms with Crippen LogP contribution in [-0.4, -0.2) is 73.2 Å². The van der Waals surface area contributed by atoms with Gasteiger partial charge < -0.3 is 42.3 Å². The molecule has 84 heavy (non-hydrogen) atoms. The van der Waals surface area contributed by atoms with Crippen molar-refractivity contribution in [1.29, 1.82) is 0 Å². The Morgan fingerprint density at radius 2 is 0.929 bits per heavy atom. The molecule has 0 aliphatic carbocycles. The minimum atomic E-state index is -5.28. The van der Waals surface area contributed by atoms with Crippen LogP contribution in [0, 0.1) is 12.1 Å². The van der Waals surface area contributed by atoms with Crippen molar-refractivity contribution in [3.8, 4) is 11.5 Å². The minimum Gasteiger partial charge on any atom is -0.744 e. The Morgan fingerprint density at radius 1 is 0.488 bits per heavy atom. The van der Waals surface area contributed by atoms with Crippen LogP contribution < -0.4 is 141 Å². The smallest absolute Gasteiger partial charge is 0.744 e. The van der Waals surface area contributed by atoms with Crippen molar-refractivity contribution in [2.75, 3.05) is 11.5 Å². The first-order valence-corrected chi connectivity index (χ1v) is 26.3. The third kappa shape index (κ3) is 20.1. The quantitative estimate of drug-likeness (QED) is 0.0151. The molecule has 0 saturated heterocycles. The molecule has 28 nitrogen and oxygen atoms in total. The van der Waals surface area contributed by atoms with E-state index in [9.17, 15) is 45.7 Å². The third-order valence-corrected chi connectivity index (χ3v) is 12.2. The molecule has 0 spiro atoms. The van der Waals surface area contributed by atoms with E-state index in [1.165, 1.54) is 115 Å². The van der Waals surface area contributed by atoms with E-state index in [-0.39, 0.29) is 202 Å². The molecule has 0 aliphatic heterocycles. The van der Waals surface area contributed by atoms with E-state index in [2.05, 4.69) is 53.0 Å². The van der Waals surface area contributed by atoms with Gasteiger partial charge in [-0.25, -0.2) is 21.9 Å². The molecule has 10 N–H and O–H groups in total. The van der Waals surface area contributed by atoms with E-state index in [0.717, 1.165) is 12.1 Å². The number of anilines is 2. The Balaban J connectivity index is 0.00000189. The van der Waals surface area contributed by atoms with Crippen LogP contribution in [0.25, 0.3) is 33.7 Å². The van der Waals surface area contributed by atoms with Crippen LogP contribution in [0.3, 0.4) is 0 Å². The maximum atomic E-state index is 12.4. The van der Waals surface area contributed by atoms with Crippen molar-refractivity contribution in [3.05, 3.63) is 156 Å². The summed E-state index contributed by atoms with van der Waals surface area (Å²) in [6.07, 6.45) is 2.85. The zero-order chi connectivity index (χ0) is 58.6. The molecule has 8 aromatic carbocycles. The Kier molecular flexibility index (Phi) is 28.8. The fourth-order valence-corrected chi connectivity index (χ4v) is 8.23. The van der Waals surface area contributed by atoms with Crippen LogP contribution in [0.15, 0.2) is 172 Å². The molecule has 0 heterocycles. The second kappa shape index (κ2) is 32.8. The summed E-state index contributed by atoms with van der Waals surface area (Å²) in [5.74, 6) is -2.44. The van der Waals surface area contributed by atoms with Crippen molar-refractivity contribution in [2.45, 2.75) is 9.79 Å². The Bertz CT molecular complexity index is 4400. The number of hydrogen-bond acceptors (Lipinski definition) is 26. The van der Waals surface area contributed by atoms with E-state index in [1.807, 2.05) is 0 Å². The van der Waals surface area contributed by atoms with Crippen molar-refractivity contribution in [1.82, 2.24) is 0 Å². The van der Waals surface area contributed by atoms with E-state index >= 15 is 0 Å². The maximum Gasteiger partial charge on any atom is 1.00 e. The number of carbonyl (C=O) groups is 2. The van der Waals surface area contributed by atoms with Gasteiger partial charge in [0.2, 0.25) is 11.8 Å². The van der Waals surface area contributed by atoms with Gasteiger partial charge in [0.05, 0.1) is 37.9 Å². The summed E-state index contributed by atoms with van der Waals surface area (Å²) < 4.78 is 125. The zero-order valence-electron chi connectivity index (χ0n) is 43.8. The summed E-state index contributed by atoms with van der Waals surface area (Å²) in [6.45, 7) is 0. The number of azo groups is 4. The second-order valence-electron chi connectivity index (χ2n) is 15.6. The summed E-state index contributed by atoms with van der Waals surface area (Å²) >= 11 is 0. The largest absolute Gasteiger partial charge is 1.00 e. The molecule has 0 aromatic heterocycles. The number of carbonyl (C=O) groups excluding carboxylic acids is 2. The number of amides is 2. The average molecular weight is 1250 g/mol. The topological polar surface area (TPSA) is 494 Å². The van der Waals surface area contributed by atoms with Gasteiger partial charge >= 0.3 is 139 Å². The molecule has 0 atom stereocenters. The van der Waals surface area contributed by atoms with Crippen LogP contribution in [0.5, 0.6) is 11.5 Å². The molecule has 0 aliphatic rings. The van der Waals surface area contributed by atoms with E-state index in [4.69, 9.17) is 48.2 Å². The standard InChI is InChI=1S/C48H34N12O10S2.4Na.2O3S/c49-35-18-21-37(33-17-20-39(45(61)42(33)35)59-54-30-12-6-27(7-13-30)47(51)63)57-56-32-16-5-26(40(23-32)71(65,66)67)4-1-25-2-10-29(11-3-25)53-58-38-22-19-36(50)43-34(38)24-41(72(68,69)70)44(46(43)62)60-55-31-14-8-28(9-15-31)48(52)64;;;;;2*1-4(2)3/h1-2,4-19,21-24,61-62H,49-50H2,(H2,51,63)(H2,52,64)(H,65,66,67)(H,68,69,70);;;;;;/q-2;4*+1;;/p-2/b4-1+,57-56?,58-53?,59-54?,60-55?;;;;;;. The third-order valence-electron chi connectivity index (χ3n) is 10.5. The average Bonchev–Trinajstić information content (AvgIpc) is 3.13. The number of aromatic hydroxyl groups is 2. The Hall–Kier alpha value is -6.38. The molecule has 8 aromatic rings. The van der Waals surface area contributed by atoms with Gasteiger partial charge in [-0.1, -0.05) is 22.9 Å². The molecule has 0 saturated carbocycles. The Morgan fingerprint density at radius 3 is 1.40 bits per heavy atom. The fourth-order valence-electron chi connectivity index (χ4n) is 6.91. The summed E-state index contributed by atoms with van der Waals surface area (Å²) in [6, 6.07) is 33.6. The van der Waals surface area contributed by atoms with Gasteiger partial charge in [-0.15, -0.1) is 60.7 Å². The van der Waals surface area contributed by atoms with Gasteiger partial charge in [0, 0.05) is 50.7 Å². The SMILES string of the molecule is NC(=O)c1ccc(N=Nc2[c-]cc3c(N=Nc4ccc(/C=C/c5[c-]cc(N=Nc6ccc(N)c7c(O)c(N=Nc8ccc(C(N)=O)cc8)c(S(=O)(=O)[O-])cc67)cc5)c(S(=O)(=O)[O-])c4)ccc(N)c3c2O)cc1.O=S(=O)=O.O=S(=O)=O.[Na+].[Na+].[Na+].[Na+]. The van der Waals surface area contributed by atoms with Crippen molar-refractivity contribution in [2.24, 2.45) is 52.4 Å². The molecule has 0 unspecified atom stereocenters. The maximum absolute atomic E-state index is 12.4. The van der Waals surface area contributed by atoms with Gasteiger partial charge in [-0.3, -0.25) is 9.59 Å². The predicted octanol–water partition coefficient (Wildman–Crippen LogP) is -3.99. The first-order valence-electron chi connectivity index (χ1n) is 21.5. The number of hydrogen-bond donors (Lipinski definition) is 6. The minimum absolute atomic E-state index is 0. The second-order valence-corrected chi connectivity index (χ2v) is 19.1. The number of nitrogen functional groups attached to an aromatic ring is 2. The molecule has 36 heteroatoms. The molecule has 0 radical (unpaired) electrons. The summed E-state index contributed by atoms with van der Waals surface area (Å²) in [7, 11) is -16.5. The Labute approximate surface area is 567 Å². The van der Waals surface area contributed by atoms with E-state index in [0.29, 0.717) is 16.6 Å². The first-order chi connectivity index (χ1) is 37.7. The fraction of sp³-hybridized carbons (Fsp3) is 0. The molecule has 8 rings (SSSR count). The molecule has 408 valence electrons. The summed E-state index contributed by atoms with van der Waals surface area (Å²) in [5, 5.41) is 55.2. The van der Waals surface area contributed by atoms with Crippen LogP contribution in [0.1, 0.15) is 31.8 Å². The molecule has 0 fully saturated rings. The number of rotatable bonds is 14. The molecular weight excluding hydrogens is 1220 g/mol. The molecular formula is C48H32N12Na4O16S4. The van der Waals surface area contributed by atoms with Crippen LogP contribution in [0.4, 0.5) is 56.9 Å². The van der Waals surface area contributed by atoms with Crippen molar-refractivity contribution >= 4 is 144 Å². The number of nitrogens with zero attached hydrogens (tertiary/aromatic N) is 8. The summed E-state index contributed by atoms with van der Waals surface area (Å²) in [5.41, 5.74) is 24.1. The monoisotopic (exact) mass is 1250 g/mol. The van der Waals surface area contributed by atoms with Gasteiger partial charge in [0.25, 0.3) is 0 Å². The summed E-state index contributed by atoms with van der Waals surface area (Å²) in [4.78, 5) is 21.2. The van der Waals surface area contributed by atoms with E-state index in [1.54, 1.807) is 6.07 Å². The predicted molar refractivity (Wildman–Crippen MR) is 281 cm³/mol. The first kappa shape index (κ1) is 73.7. The number of benzene rings is 8. The van der Waals surface area contributed by atoms with Crippen LogP contribution in [0.2, 0.25) is 0 Å². The van der Waals surface area contributed by atoms with Crippen molar-refractivity contribution in [3.63, 3.8) is 0 Å². The number of primary amides is 2. The molecule has 2 amide bonds. The number of phenols is 2. The van der Waals surface area contributed by atoms with Gasteiger partial charge in [-0.2, -0.15) is 48.4 Å². The van der Waals surface area contributed by atoms with Gasteiger partial charge in [0.15, 0.2) is 5.75 Å². The normalized spacial score (nSPS) is 11.2. The van der Waals surface area contributed by atoms with Gasteiger partial charge in [0.1, 0.15) is 25.9 Å². The van der Waals surface area contributed by atoms with Crippen LogP contribution >= 0.6 is 0 Å². The van der Waals surface area contributed by atoms with E-state index < -0.39 is 74.5 Å². The van der Waals surface area contributed by atoms with Crippen molar-refractivity contribution < 1.29 is 189 Å². The van der Waals surface area contributed by atoms with Crippen LogP contribution in [-0.2, 0) is 41.5 Å². The zero-order valence-corrected chi connectivity index (χ0v) is 55.1. The number of nitrogens with two attached hydrogens (primary N) is 4. The molecule has 0 bridgehead atoms. The number of fused-ring (bicyclic) bond motifs is 2. The number of phenolic OH excluding ortho intramolecular Hbond substituents is 2. The van der Waals surface area contributed by atoms with Gasteiger partial charge in [-0.05, 0) is 96.6 Å².